The van der Waals surface area contributed by atoms with Gasteiger partial charge in [-0.15, -0.1) is 0 Å². The minimum absolute atomic E-state index is 0.626. The third kappa shape index (κ3) is 5.36. The summed E-state index contributed by atoms with van der Waals surface area (Å²) in [6.45, 7) is 7.61. The molecule has 1 N–H and O–H groups in total. The molecule has 3 nitrogen and oxygen atoms in total. The molecule has 0 aromatic carbocycles. The Morgan fingerprint density at radius 2 is 1.94 bits per heavy atom. The highest BCUT2D eigenvalue weighted by molar-refractivity contribution is 4.85. The van der Waals surface area contributed by atoms with Gasteiger partial charge < -0.3 is 15.0 Å². The summed E-state index contributed by atoms with van der Waals surface area (Å²) in [5.74, 6) is 0. The van der Waals surface area contributed by atoms with E-state index in [9.17, 15) is 0 Å². The van der Waals surface area contributed by atoms with Gasteiger partial charge in [0.25, 0.3) is 0 Å². The van der Waals surface area contributed by atoms with Gasteiger partial charge in [-0.2, -0.15) is 0 Å². The molecule has 0 spiro atoms. The predicted octanol–water partition coefficient (Wildman–Crippen LogP) is 2.12. The van der Waals surface area contributed by atoms with Crippen LogP contribution in [-0.2, 0) is 4.74 Å². The summed E-state index contributed by atoms with van der Waals surface area (Å²) in [7, 11) is 4.01. The Kier molecular flexibility index (Phi) is 7.09. The number of methoxy groups -OCH3 is 1. The summed E-state index contributed by atoms with van der Waals surface area (Å²) in [5, 5.41) is 3.41. The van der Waals surface area contributed by atoms with Crippen LogP contribution in [0.15, 0.2) is 0 Å². The van der Waals surface area contributed by atoms with Crippen molar-refractivity contribution in [3.05, 3.63) is 0 Å². The molecule has 1 rings (SSSR count). The molecule has 17 heavy (non-hydrogen) atoms. The zero-order valence-electron chi connectivity index (χ0n) is 11.9. The summed E-state index contributed by atoms with van der Waals surface area (Å²) >= 11 is 0. The topological polar surface area (TPSA) is 24.5 Å². The molecule has 1 aliphatic rings. The third-order valence-corrected chi connectivity index (χ3v) is 4.17. The van der Waals surface area contributed by atoms with Crippen LogP contribution in [0.5, 0.6) is 0 Å². The lowest BCUT2D eigenvalue weighted by atomic mass is 9.83. The highest BCUT2D eigenvalue weighted by Gasteiger charge is 2.32. The summed E-state index contributed by atoms with van der Waals surface area (Å²) in [6.07, 6.45) is 7.09. The van der Waals surface area contributed by atoms with Crippen LogP contribution in [0, 0.1) is 5.41 Å². The molecule has 0 heterocycles. The standard InChI is InChI=1S/C14H30N2O/c1-4-14(7-5-6-8-14)13-16(2)11-9-15-10-12-17-3/h15H,4-13H2,1-3H3. The van der Waals surface area contributed by atoms with E-state index in [2.05, 4.69) is 24.2 Å². The Balaban J connectivity index is 2.12. The van der Waals surface area contributed by atoms with E-state index in [1.807, 2.05) is 0 Å². The Bertz CT molecular complexity index is 191. The molecule has 1 aliphatic carbocycles. The highest BCUT2D eigenvalue weighted by atomic mass is 16.5. The lowest BCUT2D eigenvalue weighted by Gasteiger charge is -2.32. The maximum Gasteiger partial charge on any atom is 0.0587 e. The highest BCUT2D eigenvalue weighted by Crippen LogP contribution is 2.41. The SMILES string of the molecule is CCC1(CN(C)CCNCCOC)CCCC1. The molecule has 0 atom stereocenters. The van der Waals surface area contributed by atoms with Crippen molar-refractivity contribution >= 4 is 0 Å². The Morgan fingerprint density at radius 3 is 2.53 bits per heavy atom. The predicted molar refractivity (Wildman–Crippen MR) is 73.4 cm³/mol. The second-order valence-corrected chi connectivity index (χ2v) is 5.54. The van der Waals surface area contributed by atoms with Crippen molar-refractivity contribution in [3.8, 4) is 0 Å². The first-order valence-electron chi connectivity index (χ1n) is 7.11. The normalized spacial score (nSPS) is 19.1. The van der Waals surface area contributed by atoms with Crippen molar-refractivity contribution < 1.29 is 4.74 Å². The molecular weight excluding hydrogens is 212 g/mol. The zero-order chi connectivity index (χ0) is 12.6. The van der Waals surface area contributed by atoms with Crippen molar-refractivity contribution in [2.75, 3.05) is 46.9 Å². The van der Waals surface area contributed by atoms with Gasteiger partial charge in [0.05, 0.1) is 6.61 Å². The van der Waals surface area contributed by atoms with Gasteiger partial charge in [-0.3, -0.25) is 0 Å². The molecular formula is C14H30N2O. The van der Waals surface area contributed by atoms with Crippen molar-refractivity contribution in [2.45, 2.75) is 39.0 Å². The monoisotopic (exact) mass is 242 g/mol. The van der Waals surface area contributed by atoms with Crippen LogP contribution in [0.2, 0.25) is 0 Å². The third-order valence-electron chi connectivity index (χ3n) is 4.17. The Hall–Kier alpha value is -0.120. The molecule has 3 heteroatoms. The lowest BCUT2D eigenvalue weighted by Crippen LogP contribution is -2.37. The van der Waals surface area contributed by atoms with Crippen molar-refractivity contribution in [1.82, 2.24) is 10.2 Å². The van der Waals surface area contributed by atoms with Gasteiger partial charge in [0.1, 0.15) is 0 Å². The minimum Gasteiger partial charge on any atom is -0.383 e. The molecule has 1 fully saturated rings. The molecule has 0 saturated heterocycles. The number of rotatable bonds is 9. The smallest absolute Gasteiger partial charge is 0.0587 e. The fourth-order valence-electron chi connectivity index (χ4n) is 2.97. The van der Waals surface area contributed by atoms with Crippen molar-refractivity contribution in [1.29, 1.82) is 0 Å². The largest absolute Gasteiger partial charge is 0.383 e. The second-order valence-electron chi connectivity index (χ2n) is 5.54. The minimum atomic E-state index is 0.626. The molecule has 102 valence electrons. The van der Waals surface area contributed by atoms with Crippen LogP contribution in [0.3, 0.4) is 0 Å². The first-order valence-corrected chi connectivity index (χ1v) is 7.11. The zero-order valence-corrected chi connectivity index (χ0v) is 11.9. The fraction of sp³-hybridized carbons (Fsp3) is 1.00. The summed E-state index contributed by atoms with van der Waals surface area (Å²) in [5.41, 5.74) is 0.626. The summed E-state index contributed by atoms with van der Waals surface area (Å²) in [4.78, 5) is 2.49. The maximum atomic E-state index is 5.01. The van der Waals surface area contributed by atoms with Crippen LogP contribution in [0.1, 0.15) is 39.0 Å². The molecule has 0 aromatic rings. The molecule has 0 bridgehead atoms. The van der Waals surface area contributed by atoms with E-state index in [1.165, 1.54) is 38.6 Å². The van der Waals surface area contributed by atoms with Gasteiger partial charge in [0, 0.05) is 33.3 Å². The number of hydrogen-bond donors (Lipinski definition) is 1. The molecule has 0 aromatic heterocycles. The van der Waals surface area contributed by atoms with E-state index in [-0.39, 0.29) is 0 Å². The van der Waals surface area contributed by atoms with Crippen molar-refractivity contribution in [3.63, 3.8) is 0 Å². The van der Waals surface area contributed by atoms with Crippen LogP contribution >= 0.6 is 0 Å². The van der Waals surface area contributed by atoms with Gasteiger partial charge in [0.15, 0.2) is 0 Å². The van der Waals surface area contributed by atoms with Gasteiger partial charge in [0.2, 0.25) is 0 Å². The van der Waals surface area contributed by atoms with Crippen LogP contribution in [0.4, 0.5) is 0 Å². The molecule has 0 aliphatic heterocycles. The van der Waals surface area contributed by atoms with Gasteiger partial charge in [-0.1, -0.05) is 19.8 Å². The summed E-state index contributed by atoms with van der Waals surface area (Å²) in [6, 6.07) is 0. The number of ether oxygens (including phenoxy) is 1. The van der Waals surface area contributed by atoms with E-state index >= 15 is 0 Å². The van der Waals surface area contributed by atoms with Gasteiger partial charge >= 0.3 is 0 Å². The number of hydrogen-bond acceptors (Lipinski definition) is 3. The molecule has 0 amide bonds. The first-order chi connectivity index (χ1) is 8.22. The number of nitrogens with zero attached hydrogens (tertiary/aromatic N) is 1. The van der Waals surface area contributed by atoms with E-state index in [1.54, 1.807) is 7.11 Å². The van der Waals surface area contributed by atoms with E-state index < -0.39 is 0 Å². The molecule has 0 unspecified atom stereocenters. The van der Waals surface area contributed by atoms with Crippen LogP contribution in [-0.4, -0.2) is 51.8 Å². The Labute approximate surface area is 107 Å². The maximum absolute atomic E-state index is 5.01. The molecule has 0 radical (unpaired) electrons. The van der Waals surface area contributed by atoms with E-state index in [0.29, 0.717) is 5.41 Å². The van der Waals surface area contributed by atoms with Gasteiger partial charge in [-0.05, 0) is 31.7 Å². The first kappa shape index (κ1) is 14.9. The fourth-order valence-corrected chi connectivity index (χ4v) is 2.97. The average Bonchev–Trinajstić information content (AvgIpc) is 2.78. The van der Waals surface area contributed by atoms with Crippen LogP contribution < -0.4 is 5.32 Å². The Morgan fingerprint density at radius 1 is 1.24 bits per heavy atom. The second kappa shape index (κ2) is 8.06. The van der Waals surface area contributed by atoms with E-state index in [4.69, 9.17) is 4.74 Å². The van der Waals surface area contributed by atoms with Gasteiger partial charge in [-0.25, -0.2) is 0 Å². The lowest BCUT2D eigenvalue weighted by molar-refractivity contribution is 0.168. The summed E-state index contributed by atoms with van der Waals surface area (Å²) < 4.78 is 5.01. The van der Waals surface area contributed by atoms with Crippen molar-refractivity contribution in [2.24, 2.45) is 5.41 Å². The average molecular weight is 242 g/mol. The van der Waals surface area contributed by atoms with E-state index in [0.717, 1.165) is 26.2 Å². The number of nitrogens with one attached hydrogen (secondary N) is 1. The van der Waals surface area contributed by atoms with Crippen LogP contribution in [0.25, 0.3) is 0 Å². The quantitative estimate of drug-likeness (QED) is 0.627. The number of likely N-dealkylation sites (N-methyl/N-ethyl adjacent to an activating group) is 1. The molecule has 1 saturated carbocycles.